The lowest BCUT2D eigenvalue weighted by Crippen LogP contribution is -2.34. The van der Waals surface area contributed by atoms with Crippen molar-refractivity contribution in [3.63, 3.8) is 0 Å². The van der Waals surface area contributed by atoms with E-state index in [1.54, 1.807) is 6.92 Å². The van der Waals surface area contributed by atoms with Crippen LogP contribution in [0.5, 0.6) is 0 Å². The van der Waals surface area contributed by atoms with Gasteiger partial charge < -0.3 is 4.90 Å². The Morgan fingerprint density at radius 2 is 1.42 bits per heavy atom. The maximum atomic E-state index is 12.4. The molecule has 0 saturated carbocycles. The summed E-state index contributed by atoms with van der Waals surface area (Å²) in [7, 11) is -3.71. The van der Waals surface area contributed by atoms with Crippen LogP contribution in [0.25, 0.3) is 0 Å². The molecule has 26 heavy (non-hydrogen) atoms. The molecule has 0 heterocycles. The molecule has 0 spiro atoms. The quantitative estimate of drug-likeness (QED) is 0.732. The van der Waals surface area contributed by atoms with Crippen LogP contribution in [0.1, 0.15) is 12.5 Å². The van der Waals surface area contributed by atoms with E-state index in [0.29, 0.717) is 6.42 Å². The van der Waals surface area contributed by atoms with Crippen molar-refractivity contribution in [3.05, 3.63) is 54.1 Å². The van der Waals surface area contributed by atoms with E-state index >= 15 is 0 Å². The van der Waals surface area contributed by atoms with Gasteiger partial charge in [0.15, 0.2) is 0 Å². The summed E-state index contributed by atoms with van der Waals surface area (Å²) in [6.45, 7) is 1.77. The van der Waals surface area contributed by atoms with Crippen LogP contribution in [-0.2, 0) is 26.5 Å². The van der Waals surface area contributed by atoms with Crippen molar-refractivity contribution in [2.75, 3.05) is 19.0 Å². The summed E-state index contributed by atoms with van der Waals surface area (Å²) in [4.78, 5) is 1.84. The van der Waals surface area contributed by atoms with E-state index in [1.165, 1.54) is 24.3 Å². The van der Waals surface area contributed by atoms with Crippen molar-refractivity contribution in [3.8, 4) is 0 Å². The zero-order valence-corrected chi connectivity index (χ0v) is 16.5. The van der Waals surface area contributed by atoms with Crippen molar-refractivity contribution in [2.45, 2.75) is 29.2 Å². The van der Waals surface area contributed by atoms with Crippen LogP contribution in [0.4, 0.5) is 5.69 Å². The Morgan fingerprint density at radius 3 is 1.88 bits per heavy atom. The molecule has 7 nitrogen and oxygen atoms in total. The summed E-state index contributed by atoms with van der Waals surface area (Å²) in [5.41, 5.74) is 2.08. The Balaban J connectivity index is 2.08. The Morgan fingerprint density at radius 1 is 0.923 bits per heavy atom. The molecule has 0 aliphatic heterocycles. The standard InChI is InChI=1S/C17H23N3O4S2/c1-13(12-14-4-6-15(7-5-14)20(2)3)19-26(23,24)17-10-8-16(9-11-17)25(18,21)22/h4-11,13,19H,12H2,1-3H3,(H2,18,21,22). The van der Waals surface area contributed by atoms with Gasteiger partial charge >= 0.3 is 0 Å². The molecule has 1 unspecified atom stereocenters. The molecule has 142 valence electrons. The maximum absolute atomic E-state index is 12.4. The normalized spacial score (nSPS) is 13.4. The number of hydrogen-bond donors (Lipinski definition) is 2. The SMILES string of the molecule is CC(Cc1ccc(N(C)C)cc1)NS(=O)(=O)c1ccc(S(N)(=O)=O)cc1. The summed E-state index contributed by atoms with van der Waals surface area (Å²) in [5, 5.41) is 5.02. The smallest absolute Gasteiger partial charge is 0.240 e. The molecule has 2 aromatic rings. The van der Waals surface area contributed by atoms with Crippen molar-refractivity contribution in [2.24, 2.45) is 5.14 Å². The zero-order chi connectivity index (χ0) is 19.5. The van der Waals surface area contributed by atoms with E-state index in [2.05, 4.69) is 4.72 Å². The van der Waals surface area contributed by atoms with Crippen LogP contribution < -0.4 is 14.8 Å². The number of nitrogens with two attached hydrogens (primary N) is 1. The molecular weight excluding hydrogens is 374 g/mol. The van der Waals surface area contributed by atoms with Crippen LogP contribution in [-0.4, -0.2) is 37.0 Å². The molecule has 0 fully saturated rings. The molecule has 2 rings (SSSR count). The first-order valence-electron chi connectivity index (χ1n) is 7.90. The molecule has 0 saturated heterocycles. The lowest BCUT2D eigenvalue weighted by molar-refractivity contribution is 0.559. The topological polar surface area (TPSA) is 110 Å². The van der Waals surface area contributed by atoms with E-state index in [4.69, 9.17) is 5.14 Å². The van der Waals surface area contributed by atoms with Crippen LogP contribution >= 0.6 is 0 Å². The van der Waals surface area contributed by atoms with Crippen molar-refractivity contribution in [1.82, 2.24) is 4.72 Å². The van der Waals surface area contributed by atoms with Crippen LogP contribution in [0.3, 0.4) is 0 Å². The number of benzene rings is 2. The first-order chi connectivity index (χ1) is 12.0. The van der Waals surface area contributed by atoms with Gasteiger partial charge in [0.1, 0.15) is 0 Å². The largest absolute Gasteiger partial charge is 0.378 e. The van der Waals surface area contributed by atoms with Crippen LogP contribution in [0, 0.1) is 0 Å². The van der Waals surface area contributed by atoms with Gasteiger partial charge in [0, 0.05) is 25.8 Å². The predicted molar refractivity (Wildman–Crippen MR) is 102 cm³/mol. The number of anilines is 1. The number of hydrogen-bond acceptors (Lipinski definition) is 5. The molecule has 0 amide bonds. The summed E-state index contributed by atoms with van der Waals surface area (Å²) in [6, 6.07) is 12.3. The third-order valence-corrected chi connectivity index (χ3v) is 6.35. The summed E-state index contributed by atoms with van der Waals surface area (Å²) >= 11 is 0. The first kappa shape index (κ1) is 20.4. The lowest BCUT2D eigenvalue weighted by atomic mass is 10.1. The molecule has 0 aromatic heterocycles. The highest BCUT2D eigenvalue weighted by atomic mass is 32.2. The van der Waals surface area contributed by atoms with Gasteiger partial charge in [0.2, 0.25) is 20.0 Å². The van der Waals surface area contributed by atoms with Crippen molar-refractivity contribution < 1.29 is 16.8 Å². The summed E-state index contributed by atoms with van der Waals surface area (Å²) in [5.74, 6) is 0. The minimum absolute atomic E-state index is 0.0142. The second-order valence-electron chi connectivity index (χ2n) is 6.30. The van der Waals surface area contributed by atoms with Gasteiger partial charge in [-0.15, -0.1) is 0 Å². The molecule has 1 atom stereocenters. The van der Waals surface area contributed by atoms with E-state index in [-0.39, 0.29) is 15.8 Å². The molecule has 0 radical (unpaired) electrons. The first-order valence-corrected chi connectivity index (χ1v) is 10.9. The average Bonchev–Trinajstić information content (AvgIpc) is 2.54. The van der Waals surface area contributed by atoms with Gasteiger partial charge in [-0.3, -0.25) is 0 Å². The van der Waals surface area contributed by atoms with E-state index in [0.717, 1.165) is 11.3 Å². The molecular formula is C17H23N3O4S2. The van der Waals surface area contributed by atoms with Crippen LogP contribution in [0.2, 0.25) is 0 Å². The lowest BCUT2D eigenvalue weighted by Gasteiger charge is -2.16. The number of sulfonamides is 2. The molecule has 9 heteroatoms. The Hall–Kier alpha value is -1.94. The fraction of sp³-hybridized carbons (Fsp3) is 0.294. The third-order valence-electron chi connectivity index (χ3n) is 3.81. The number of nitrogens with zero attached hydrogens (tertiary/aromatic N) is 1. The average molecular weight is 398 g/mol. The van der Waals surface area contributed by atoms with Crippen molar-refractivity contribution in [1.29, 1.82) is 0 Å². The van der Waals surface area contributed by atoms with Gasteiger partial charge in [-0.2, -0.15) is 0 Å². The van der Waals surface area contributed by atoms with E-state index in [1.807, 2.05) is 43.3 Å². The fourth-order valence-electron chi connectivity index (χ4n) is 2.47. The molecule has 0 bridgehead atoms. The van der Waals surface area contributed by atoms with E-state index < -0.39 is 20.0 Å². The van der Waals surface area contributed by atoms with Gasteiger partial charge in [-0.25, -0.2) is 26.7 Å². The summed E-state index contributed by atoms with van der Waals surface area (Å²) in [6.07, 6.45) is 0.530. The Bertz CT molecular complexity index is 952. The second kappa shape index (κ2) is 7.75. The highest BCUT2D eigenvalue weighted by Crippen LogP contribution is 2.16. The highest BCUT2D eigenvalue weighted by Gasteiger charge is 2.18. The Kier molecular flexibility index (Phi) is 6.07. The van der Waals surface area contributed by atoms with Gasteiger partial charge in [-0.1, -0.05) is 12.1 Å². The number of nitrogens with one attached hydrogen (secondary N) is 1. The third kappa shape index (κ3) is 5.28. The number of rotatable bonds is 7. The predicted octanol–water partition coefficient (Wildman–Crippen LogP) is 1.31. The van der Waals surface area contributed by atoms with Crippen LogP contribution in [0.15, 0.2) is 58.3 Å². The fourth-order valence-corrected chi connectivity index (χ4v) is 4.23. The molecule has 0 aliphatic rings. The number of primary sulfonamides is 1. The van der Waals surface area contributed by atoms with Gasteiger partial charge in [0.05, 0.1) is 9.79 Å². The monoisotopic (exact) mass is 397 g/mol. The molecule has 0 aliphatic carbocycles. The molecule has 3 N–H and O–H groups in total. The minimum atomic E-state index is -3.86. The minimum Gasteiger partial charge on any atom is -0.378 e. The maximum Gasteiger partial charge on any atom is 0.240 e. The summed E-state index contributed by atoms with van der Waals surface area (Å²) < 4.78 is 50.0. The zero-order valence-electron chi connectivity index (χ0n) is 14.9. The van der Waals surface area contributed by atoms with Gasteiger partial charge in [-0.05, 0) is 55.3 Å². The van der Waals surface area contributed by atoms with E-state index in [9.17, 15) is 16.8 Å². The second-order valence-corrected chi connectivity index (χ2v) is 9.58. The highest BCUT2D eigenvalue weighted by molar-refractivity contribution is 7.89. The van der Waals surface area contributed by atoms with Crippen molar-refractivity contribution >= 4 is 25.7 Å². The molecule has 2 aromatic carbocycles. The Labute approximate surface area is 154 Å². The van der Waals surface area contributed by atoms with Gasteiger partial charge in [0.25, 0.3) is 0 Å².